The molecular formula is C18H19N5O2. The molecule has 0 bridgehead atoms. The third-order valence-electron chi connectivity index (χ3n) is 4.35. The van der Waals surface area contributed by atoms with Crippen LogP contribution in [0.25, 0.3) is 0 Å². The van der Waals surface area contributed by atoms with Crippen LogP contribution in [-0.4, -0.2) is 43.0 Å². The zero-order valence-corrected chi connectivity index (χ0v) is 14.0. The lowest BCUT2D eigenvalue weighted by Crippen LogP contribution is -2.44. The van der Waals surface area contributed by atoms with Crippen molar-refractivity contribution in [3.05, 3.63) is 58.1 Å². The highest BCUT2D eigenvalue weighted by Crippen LogP contribution is 2.26. The van der Waals surface area contributed by atoms with Gasteiger partial charge >= 0.3 is 0 Å². The average Bonchev–Trinajstić information content (AvgIpc) is 2.63. The van der Waals surface area contributed by atoms with Gasteiger partial charge in [-0.05, 0) is 37.4 Å². The van der Waals surface area contributed by atoms with E-state index in [1.807, 2.05) is 30.3 Å². The largest absolute Gasteiger partial charge is 0.369 e. The summed E-state index contributed by atoms with van der Waals surface area (Å²) in [5.74, 6) is 0. The first-order valence-electron chi connectivity index (χ1n) is 8.06. The quantitative estimate of drug-likeness (QED) is 0.682. The van der Waals surface area contributed by atoms with Crippen molar-refractivity contribution in [1.29, 1.82) is 5.26 Å². The number of piperazine rings is 1. The predicted molar refractivity (Wildman–Crippen MR) is 97.2 cm³/mol. The number of hydrogen-bond acceptors (Lipinski definition) is 6. The van der Waals surface area contributed by atoms with Gasteiger partial charge in [-0.15, -0.1) is 0 Å². The number of nitro groups is 1. The second kappa shape index (κ2) is 7.20. The Labute approximate surface area is 146 Å². The highest BCUT2D eigenvalue weighted by Gasteiger charge is 2.14. The van der Waals surface area contributed by atoms with Gasteiger partial charge in [0.25, 0.3) is 5.69 Å². The molecule has 0 saturated carbocycles. The minimum atomic E-state index is -0.505. The van der Waals surface area contributed by atoms with Gasteiger partial charge in [-0.1, -0.05) is 0 Å². The summed E-state index contributed by atoms with van der Waals surface area (Å²) in [6.45, 7) is 4.11. The summed E-state index contributed by atoms with van der Waals surface area (Å²) < 4.78 is 0. The van der Waals surface area contributed by atoms with Crippen LogP contribution in [0.5, 0.6) is 0 Å². The summed E-state index contributed by atoms with van der Waals surface area (Å²) in [4.78, 5) is 15.0. The first kappa shape index (κ1) is 16.7. The Morgan fingerprint density at radius 2 is 1.80 bits per heavy atom. The number of non-ortho nitro benzene ring substituents is 1. The zero-order chi connectivity index (χ0) is 17.8. The van der Waals surface area contributed by atoms with Gasteiger partial charge in [0.2, 0.25) is 0 Å². The molecule has 0 unspecified atom stereocenters. The standard InChI is InChI=1S/C18H19N5O2/c1-21-8-10-22(11-9-21)16-4-2-15(3-5-16)20-18-7-6-17(23(24)25)12-14(18)13-19/h2-7,12,20H,8-11H2,1H3. The molecule has 7 heteroatoms. The van der Waals surface area contributed by atoms with E-state index in [9.17, 15) is 15.4 Å². The van der Waals surface area contributed by atoms with Gasteiger partial charge in [-0.2, -0.15) is 5.26 Å². The Bertz CT molecular complexity index is 805. The molecule has 0 amide bonds. The minimum absolute atomic E-state index is 0.0903. The summed E-state index contributed by atoms with van der Waals surface area (Å²) in [7, 11) is 2.13. The van der Waals surface area contributed by atoms with Crippen molar-refractivity contribution < 1.29 is 4.92 Å². The second-order valence-electron chi connectivity index (χ2n) is 6.06. The van der Waals surface area contributed by atoms with Gasteiger partial charge in [-0.3, -0.25) is 10.1 Å². The second-order valence-corrected chi connectivity index (χ2v) is 6.06. The Balaban J connectivity index is 1.73. The summed E-state index contributed by atoms with van der Waals surface area (Å²) >= 11 is 0. The van der Waals surface area contributed by atoms with Crippen molar-refractivity contribution in [2.24, 2.45) is 0 Å². The smallest absolute Gasteiger partial charge is 0.270 e. The topological polar surface area (TPSA) is 85.4 Å². The zero-order valence-electron chi connectivity index (χ0n) is 14.0. The summed E-state index contributed by atoms with van der Waals surface area (Å²) in [5, 5.41) is 23.2. The molecule has 0 aromatic heterocycles. The maximum atomic E-state index is 10.8. The minimum Gasteiger partial charge on any atom is -0.369 e. The number of anilines is 3. The maximum Gasteiger partial charge on any atom is 0.270 e. The van der Waals surface area contributed by atoms with Crippen LogP contribution < -0.4 is 10.2 Å². The molecule has 1 heterocycles. The lowest BCUT2D eigenvalue weighted by molar-refractivity contribution is -0.384. The van der Waals surface area contributed by atoms with E-state index in [1.165, 1.54) is 17.8 Å². The summed E-state index contributed by atoms with van der Waals surface area (Å²) in [5.41, 5.74) is 2.72. The van der Waals surface area contributed by atoms with Crippen LogP contribution in [0.2, 0.25) is 0 Å². The highest BCUT2D eigenvalue weighted by atomic mass is 16.6. The number of likely N-dealkylation sites (N-methyl/N-ethyl adjacent to an activating group) is 1. The molecule has 25 heavy (non-hydrogen) atoms. The number of rotatable bonds is 4. The van der Waals surface area contributed by atoms with Gasteiger partial charge in [0.05, 0.1) is 16.2 Å². The molecule has 1 N–H and O–H groups in total. The van der Waals surface area contributed by atoms with Crippen LogP contribution in [0.3, 0.4) is 0 Å². The number of nitrogens with one attached hydrogen (secondary N) is 1. The average molecular weight is 337 g/mol. The van der Waals surface area contributed by atoms with Crippen LogP contribution >= 0.6 is 0 Å². The van der Waals surface area contributed by atoms with Crippen molar-refractivity contribution in [1.82, 2.24) is 4.90 Å². The Morgan fingerprint density at radius 3 is 2.40 bits per heavy atom. The molecule has 128 valence electrons. The van der Waals surface area contributed by atoms with E-state index in [0.29, 0.717) is 5.69 Å². The van der Waals surface area contributed by atoms with Crippen LogP contribution in [-0.2, 0) is 0 Å². The molecule has 0 aliphatic carbocycles. The molecule has 2 aromatic rings. The van der Waals surface area contributed by atoms with Crippen molar-refractivity contribution in [2.45, 2.75) is 0 Å². The molecular weight excluding hydrogens is 318 g/mol. The molecule has 1 aliphatic heterocycles. The number of nitro benzene ring substituents is 1. The van der Waals surface area contributed by atoms with Crippen molar-refractivity contribution in [3.8, 4) is 6.07 Å². The fourth-order valence-electron chi connectivity index (χ4n) is 2.82. The normalized spacial score (nSPS) is 14.8. The molecule has 3 rings (SSSR count). The molecule has 0 spiro atoms. The van der Waals surface area contributed by atoms with Crippen LogP contribution in [0.1, 0.15) is 5.56 Å². The lowest BCUT2D eigenvalue weighted by Gasteiger charge is -2.34. The third kappa shape index (κ3) is 3.87. The monoisotopic (exact) mass is 337 g/mol. The fraction of sp³-hybridized carbons (Fsp3) is 0.278. The van der Waals surface area contributed by atoms with E-state index < -0.39 is 4.92 Å². The van der Waals surface area contributed by atoms with Crippen molar-refractivity contribution in [2.75, 3.05) is 43.4 Å². The van der Waals surface area contributed by atoms with Gasteiger partial charge < -0.3 is 15.1 Å². The third-order valence-corrected chi connectivity index (χ3v) is 4.35. The molecule has 1 fully saturated rings. The molecule has 1 aliphatic rings. The molecule has 2 aromatic carbocycles. The van der Waals surface area contributed by atoms with E-state index in [2.05, 4.69) is 22.2 Å². The predicted octanol–water partition coefficient (Wildman–Crippen LogP) is 2.96. The number of nitrogens with zero attached hydrogens (tertiary/aromatic N) is 4. The number of nitriles is 1. The van der Waals surface area contributed by atoms with Gasteiger partial charge in [0.1, 0.15) is 6.07 Å². The maximum absolute atomic E-state index is 10.8. The molecule has 7 nitrogen and oxygen atoms in total. The fourth-order valence-corrected chi connectivity index (χ4v) is 2.82. The van der Waals surface area contributed by atoms with Gasteiger partial charge in [0, 0.05) is 49.7 Å². The highest BCUT2D eigenvalue weighted by molar-refractivity contribution is 5.69. The number of benzene rings is 2. The van der Waals surface area contributed by atoms with Gasteiger partial charge in [-0.25, -0.2) is 0 Å². The summed E-state index contributed by atoms with van der Waals surface area (Å²) in [6.07, 6.45) is 0. The molecule has 0 atom stereocenters. The first-order chi connectivity index (χ1) is 12.1. The van der Waals surface area contributed by atoms with Crippen molar-refractivity contribution in [3.63, 3.8) is 0 Å². The van der Waals surface area contributed by atoms with Crippen LogP contribution in [0.15, 0.2) is 42.5 Å². The number of hydrogen-bond donors (Lipinski definition) is 1. The van der Waals surface area contributed by atoms with E-state index in [1.54, 1.807) is 6.07 Å². The SMILES string of the molecule is CN1CCN(c2ccc(Nc3ccc([N+](=O)[O-])cc3C#N)cc2)CC1. The van der Waals surface area contributed by atoms with Gasteiger partial charge in [0.15, 0.2) is 0 Å². The van der Waals surface area contributed by atoms with E-state index in [4.69, 9.17) is 0 Å². The molecule has 1 saturated heterocycles. The van der Waals surface area contributed by atoms with Crippen molar-refractivity contribution >= 4 is 22.7 Å². The Kier molecular flexibility index (Phi) is 4.82. The van der Waals surface area contributed by atoms with Crippen LogP contribution in [0, 0.1) is 21.4 Å². The summed E-state index contributed by atoms with van der Waals surface area (Å²) in [6, 6.07) is 14.2. The van der Waals surface area contributed by atoms with E-state index in [-0.39, 0.29) is 11.3 Å². The Morgan fingerprint density at radius 1 is 1.12 bits per heavy atom. The lowest BCUT2D eigenvalue weighted by atomic mass is 10.1. The first-order valence-corrected chi connectivity index (χ1v) is 8.06. The molecule has 0 radical (unpaired) electrons. The Hall–Kier alpha value is -3.11. The van der Waals surface area contributed by atoms with Crippen LogP contribution in [0.4, 0.5) is 22.7 Å². The van der Waals surface area contributed by atoms with E-state index >= 15 is 0 Å². The van der Waals surface area contributed by atoms with E-state index in [0.717, 1.165) is 31.9 Å².